The summed E-state index contributed by atoms with van der Waals surface area (Å²) in [5, 5.41) is 19.1. The summed E-state index contributed by atoms with van der Waals surface area (Å²) in [7, 11) is 1.31. The van der Waals surface area contributed by atoms with E-state index in [1.165, 1.54) is 12.7 Å². The van der Waals surface area contributed by atoms with Gasteiger partial charge in [0.25, 0.3) is 0 Å². The second kappa shape index (κ2) is 11.9. The van der Waals surface area contributed by atoms with E-state index in [-0.39, 0.29) is 24.4 Å². The molecular formula is C35H47N5O6. The Morgan fingerprint density at radius 1 is 1.24 bits per heavy atom. The first-order valence-corrected chi connectivity index (χ1v) is 16.3. The van der Waals surface area contributed by atoms with Crippen LogP contribution in [0, 0.1) is 18.8 Å². The number of carbonyl (C=O) groups excluding carboxylic acids is 2. The van der Waals surface area contributed by atoms with Crippen molar-refractivity contribution in [1.29, 1.82) is 0 Å². The molecule has 0 spiro atoms. The lowest BCUT2D eigenvalue weighted by atomic mass is 9.58. The van der Waals surface area contributed by atoms with Gasteiger partial charge in [-0.2, -0.15) is 0 Å². The number of benzene rings is 1. The van der Waals surface area contributed by atoms with Crippen LogP contribution >= 0.6 is 0 Å². The van der Waals surface area contributed by atoms with Crippen LogP contribution in [-0.2, 0) is 34.8 Å². The third-order valence-electron chi connectivity index (χ3n) is 10.2. The fraction of sp³-hybridized carbons (Fsp3) is 0.600. The number of carbonyl (C=O) groups is 2. The third-order valence-corrected chi connectivity index (χ3v) is 10.2. The molecule has 11 heteroatoms. The first kappa shape index (κ1) is 32.4. The molecule has 5 atom stereocenters. The maximum atomic E-state index is 12.9. The van der Waals surface area contributed by atoms with Crippen LogP contribution < -0.4 is 10.2 Å². The fourth-order valence-electron chi connectivity index (χ4n) is 7.66. The number of hydrogen-bond acceptors (Lipinski definition) is 10. The lowest BCUT2D eigenvalue weighted by Crippen LogP contribution is -2.66. The lowest BCUT2D eigenvalue weighted by molar-refractivity contribution is -0.163. The third kappa shape index (κ3) is 5.77. The molecular weight excluding hydrogens is 586 g/mol. The molecule has 11 nitrogen and oxygen atoms in total. The first-order valence-electron chi connectivity index (χ1n) is 16.3. The molecule has 1 aliphatic carbocycles. The van der Waals surface area contributed by atoms with Gasteiger partial charge in [0.1, 0.15) is 11.2 Å². The van der Waals surface area contributed by atoms with Gasteiger partial charge in [-0.15, -0.1) is 5.10 Å². The minimum absolute atomic E-state index is 0.0562. The topological polar surface area (TPSA) is 128 Å². The summed E-state index contributed by atoms with van der Waals surface area (Å²) >= 11 is 0. The van der Waals surface area contributed by atoms with E-state index in [1.54, 1.807) is 20.8 Å². The molecule has 7 rings (SSSR count). The van der Waals surface area contributed by atoms with Crippen molar-refractivity contribution in [3.63, 3.8) is 0 Å². The van der Waals surface area contributed by atoms with Gasteiger partial charge < -0.3 is 29.5 Å². The van der Waals surface area contributed by atoms with Crippen LogP contribution in [0.25, 0.3) is 5.65 Å². The minimum atomic E-state index is -0.795. The van der Waals surface area contributed by atoms with Gasteiger partial charge in [-0.25, -0.2) is 9.50 Å². The van der Waals surface area contributed by atoms with E-state index in [1.807, 2.05) is 4.52 Å². The zero-order valence-electron chi connectivity index (χ0n) is 27.8. The van der Waals surface area contributed by atoms with Crippen molar-refractivity contribution in [2.75, 3.05) is 44.9 Å². The summed E-state index contributed by atoms with van der Waals surface area (Å²) in [6, 6.07) is 12.9. The van der Waals surface area contributed by atoms with Crippen LogP contribution in [0.4, 0.5) is 5.69 Å². The summed E-state index contributed by atoms with van der Waals surface area (Å²) in [5.74, 6) is -1.21. The SMILES string of the molecule is COC(=O)CC(CCNC12COC(c3nc4c(C)cc(N5CC[C@](C)(c6ccccc6)C5)cn4n3)(C1)C2CO)C(=O)OC(C)(C)C. The molecule has 3 aliphatic heterocycles. The molecule has 3 aromatic rings. The maximum absolute atomic E-state index is 12.9. The minimum Gasteiger partial charge on any atom is -0.469 e. The number of aliphatic hydroxyl groups excluding tert-OH is 1. The molecule has 4 fully saturated rings. The summed E-state index contributed by atoms with van der Waals surface area (Å²) in [6.07, 6.45) is 4.05. The quantitative estimate of drug-likeness (QED) is 0.302. The Morgan fingerprint density at radius 3 is 2.70 bits per heavy atom. The number of nitrogens with one attached hydrogen (secondary N) is 1. The van der Waals surface area contributed by atoms with Crippen molar-refractivity contribution in [2.45, 2.75) is 82.5 Å². The zero-order valence-corrected chi connectivity index (χ0v) is 27.8. The Labute approximate surface area is 270 Å². The van der Waals surface area contributed by atoms with Gasteiger partial charge in [0.15, 0.2) is 11.5 Å². The van der Waals surface area contributed by atoms with Crippen LogP contribution in [-0.4, -0.2) is 82.7 Å². The van der Waals surface area contributed by atoms with Crippen molar-refractivity contribution >= 4 is 23.3 Å². The Bertz CT molecular complexity index is 1600. The molecule has 46 heavy (non-hydrogen) atoms. The number of aryl methyl sites for hydroxylation is 1. The summed E-state index contributed by atoms with van der Waals surface area (Å²) < 4.78 is 18.6. The number of nitrogens with zero attached hydrogens (tertiary/aromatic N) is 4. The van der Waals surface area contributed by atoms with E-state index in [2.05, 4.69) is 66.7 Å². The van der Waals surface area contributed by atoms with Crippen LogP contribution in [0.3, 0.4) is 0 Å². The molecule has 2 bridgehead atoms. The summed E-state index contributed by atoms with van der Waals surface area (Å²) in [5.41, 5.74) is 2.42. The number of esters is 2. The number of fused-ring (bicyclic) bond motifs is 2. The standard InChI is InChI=1S/C35H47N5O6/c1-23-16-26(39-15-13-33(5,21-39)25-10-8-7-9-11-25)18-40-29(23)37-31(38-40)35-20-34(22-45-35,27(35)19-41)36-14-12-24(17-28(42)44-6)30(43)46-32(2,3)4/h7-11,16,18,24,27,36,41H,12-15,17,19-22H2,1-6H3/t24?,27?,33-,34?,35?/m0/s1. The van der Waals surface area contributed by atoms with Gasteiger partial charge in [-0.05, 0) is 64.3 Å². The van der Waals surface area contributed by atoms with E-state index < -0.39 is 34.6 Å². The van der Waals surface area contributed by atoms with Crippen LogP contribution in [0.1, 0.15) is 70.3 Å². The molecule has 0 radical (unpaired) electrons. The predicted octanol–water partition coefficient (Wildman–Crippen LogP) is 3.68. The lowest BCUT2D eigenvalue weighted by Gasteiger charge is -2.51. The average molecular weight is 634 g/mol. The normalized spacial score (nSPS) is 27.9. The van der Waals surface area contributed by atoms with E-state index in [0.29, 0.717) is 31.8 Å². The number of anilines is 1. The number of hydrogen-bond donors (Lipinski definition) is 2. The summed E-state index contributed by atoms with van der Waals surface area (Å²) in [6.45, 7) is 12.4. The highest BCUT2D eigenvalue weighted by Crippen LogP contribution is 2.61. The number of pyridine rings is 1. The van der Waals surface area contributed by atoms with Crippen LogP contribution in [0.15, 0.2) is 42.6 Å². The van der Waals surface area contributed by atoms with Crippen LogP contribution in [0.2, 0.25) is 0 Å². The van der Waals surface area contributed by atoms with E-state index in [4.69, 9.17) is 24.3 Å². The van der Waals surface area contributed by atoms with Crippen LogP contribution in [0.5, 0.6) is 0 Å². The van der Waals surface area contributed by atoms with Crippen molar-refractivity contribution in [1.82, 2.24) is 19.9 Å². The van der Waals surface area contributed by atoms with E-state index >= 15 is 0 Å². The zero-order chi connectivity index (χ0) is 32.9. The fourth-order valence-corrected chi connectivity index (χ4v) is 7.66. The Kier molecular flexibility index (Phi) is 8.40. The second-order valence-corrected chi connectivity index (χ2v) is 14.7. The molecule has 4 unspecified atom stereocenters. The Hall–Kier alpha value is -3.54. The molecule has 2 aromatic heterocycles. The second-order valence-electron chi connectivity index (χ2n) is 14.7. The first-order chi connectivity index (χ1) is 21.8. The highest BCUT2D eigenvalue weighted by atomic mass is 16.6. The number of ether oxygens (including phenoxy) is 3. The molecule has 5 heterocycles. The Morgan fingerprint density at radius 2 is 2.00 bits per heavy atom. The van der Waals surface area contributed by atoms with E-state index in [0.717, 1.165) is 36.4 Å². The van der Waals surface area contributed by atoms with Gasteiger partial charge in [0.2, 0.25) is 0 Å². The smallest absolute Gasteiger partial charge is 0.310 e. The van der Waals surface area contributed by atoms with Gasteiger partial charge in [-0.1, -0.05) is 37.3 Å². The molecule has 4 aliphatic rings. The largest absolute Gasteiger partial charge is 0.469 e. The molecule has 3 saturated heterocycles. The average Bonchev–Trinajstić information content (AvgIpc) is 3.78. The van der Waals surface area contributed by atoms with Gasteiger partial charge in [-0.3, -0.25) is 9.59 Å². The van der Waals surface area contributed by atoms with Crippen molar-refractivity contribution in [3.05, 3.63) is 59.5 Å². The highest BCUT2D eigenvalue weighted by Gasteiger charge is 2.72. The number of aliphatic hydroxyl groups is 1. The molecule has 248 valence electrons. The molecule has 1 aromatic carbocycles. The molecule has 1 saturated carbocycles. The summed E-state index contributed by atoms with van der Waals surface area (Å²) in [4.78, 5) is 32.3. The molecule has 0 amide bonds. The van der Waals surface area contributed by atoms with Gasteiger partial charge in [0, 0.05) is 30.8 Å². The van der Waals surface area contributed by atoms with E-state index in [9.17, 15) is 14.7 Å². The highest BCUT2D eigenvalue weighted by molar-refractivity contribution is 5.80. The molecule has 2 N–H and O–H groups in total. The number of methoxy groups -OCH3 is 1. The number of rotatable bonds is 11. The van der Waals surface area contributed by atoms with Gasteiger partial charge in [0.05, 0.1) is 50.1 Å². The van der Waals surface area contributed by atoms with Gasteiger partial charge >= 0.3 is 11.9 Å². The van der Waals surface area contributed by atoms with Crippen molar-refractivity contribution < 1.29 is 28.9 Å². The monoisotopic (exact) mass is 633 g/mol. The predicted molar refractivity (Wildman–Crippen MR) is 172 cm³/mol. The Balaban J connectivity index is 1.16. The maximum Gasteiger partial charge on any atom is 0.310 e. The van der Waals surface area contributed by atoms with Crippen molar-refractivity contribution in [2.24, 2.45) is 11.8 Å². The number of aromatic nitrogens is 3. The van der Waals surface area contributed by atoms with Crippen molar-refractivity contribution in [3.8, 4) is 0 Å².